The van der Waals surface area contributed by atoms with Gasteiger partial charge in [0.2, 0.25) is 0 Å². The lowest BCUT2D eigenvalue weighted by Crippen LogP contribution is -2.04. The van der Waals surface area contributed by atoms with Crippen molar-refractivity contribution < 1.29 is 19.0 Å². The third-order valence-corrected chi connectivity index (χ3v) is 4.33. The molecule has 0 fully saturated rings. The summed E-state index contributed by atoms with van der Waals surface area (Å²) >= 11 is 3.21. The Kier molecular flexibility index (Phi) is 4.69. The fraction of sp³-hybridized carbons (Fsp3) is 0.167. The second-order valence-corrected chi connectivity index (χ2v) is 6.11. The first-order chi connectivity index (χ1) is 11.5. The van der Waals surface area contributed by atoms with Crippen molar-refractivity contribution in [1.29, 1.82) is 0 Å². The lowest BCUT2D eigenvalue weighted by molar-refractivity contribution is 0.216. The molecule has 0 radical (unpaired) electrons. The highest BCUT2D eigenvalue weighted by molar-refractivity contribution is 9.10. The molecule has 4 nitrogen and oxygen atoms in total. The van der Waals surface area contributed by atoms with Crippen LogP contribution >= 0.6 is 15.9 Å². The highest BCUT2D eigenvalue weighted by Gasteiger charge is 2.19. The molecular weight excluding hydrogens is 377 g/mol. The number of methoxy groups -OCH3 is 2. The fourth-order valence-electron chi connectivity index (χ4n) is 2.62. The largest absolute Gasteiger partial charge is 0.493 e. The molecule has 0 aliphatic rings. The summed E-state index contributed by atoms with van der Waals surface area (Å²) in [5.41, 5.74) is 1.37. The van der Waals surface area contributed by atoms with Crippen LogP contribution in [0.25, 0.3) is 10.9 Å². The van der Waals surface area contributed by atoms with Gasteiger partial charge in [-0.1, -0.05) is 22.0 Å². The maximum absolute atomic E-state index is 14.2. The van der Waals surface area contributed by atoms with E-state index in [9.17, 15) is 9.50 Å². The van der Waals surface area contributed by atoms with E-state index in [4.69, 9.17) is 9.47 Å². The highest BCUT2D eigenvalue weighted by atomic mass is 79.9. The van der Waals surface area contributed by atoms with Gasteiger partial charge in [-0.3, -0.25) is 4.98 Å². The number of pyridine rings is 1. The smallest absolute Gasteiger partial charge is 0.162 e. The molecule has 0 saturated carbocycles. The molecule has 0 aliphatic carbocycles. The van der Waals surface area contributed by atoms with Crippen LogP contribution in [0.2, 0.25) is 0 Å². The molecule has 0 saturated heterocycles. The van der Waals surface area contributed by atoms with Crippen LogP contribution in [0, 0.1) is 5.82 Å². The second-order valence-electron chi connectivity index (χ2n) is 5.19. The maximum atomic E-state index is 14.2. The summed E-state index contributed by atoms with van der Waals surface area (Å²) < 4.78 is 25.4. The zero-order valence-corrected chi connectivity index (χ0v) is 14.7. The number of halogens is 2. The Bertz CT molecular complexity index is 901. The Balaban J connectivity index is 2.18. The predicted molar refractivity (Wildman–Crippen MR) is 93.0 cm³/mol. The number of ether oxygens (including phenoxy) is 2. The van der Waals surface area contributed by atoms with Gasteiger partial charge in [0.25, 0.3) is 0 Å². The molecule has 3 aromatic rings. The molecule has 24 heavy (non-hydrogen) atoms. The number of benzene rings is 2. The Hall–Kier alpha value is -2.18. The molecule has 1 N–H and O–H groups in total. The van der Waals surface area contributed by atoms with Crippen molar-refractivity contribution in [3.8, 4) is 11.5 Å². The zero-order valence-electron chi connectivity index (χ0n) is 13.1. The van der Waals surface area contributed by atoms with Gasteiger partial charge in [-0.25, -0.2) is 4.39 Å². The third-order valence-electron chi connectivity index (χ3n) is 3.83. The molecule has 124 valence electrons. The number of aliphatic hydroxyl groups is 1. The van der Waals surface area contributed by atoms with Gasteiger partial charge in [0.05, 0.1) is 19.7 Å². The summed E-state index contributed by atoms with van der Waals surface area (Å²) in [4.78, 5) is 4.29. The minimum atomic E-state index is -1.12. The number of rotatable bonds is 4. The van der Waals surface area contributed by atoms with Crippen molar-refractivity contribution in [2.75, 3.05) is 14.2 Å². The van der Waals surface area contributed by atoms with Gasteiger partial charge < -0.3 is 14.6 Å². The summed E-state index contributed by atoms with van der Waals surface area (Å²) in [6, 6.07) is 9.69. The average Bonchev–Trinajstić information content (AvgIpc) is 2.59. The first-order valence-corrected chi connectivity index (χ1v) is 7.98. The lowest BCUT2D eigenvalue weighted by Gasteiger charge is -2.16. The molecule has 1 aromatic heterocycles. The summed E-state index contributed by atoms with van der Waals surface area (Å²) in [5.74, 6) is 0.573. The SMILES string of the molecule is COc1cc2nccc(C(O)c3ccc(Br)cc3F)c2cc1OC. The number of aromatic nitrogens is 1. The predicted octanol–water partition coefficient (Wildman–Crippen LogP) is 4.24. The van der Waals surface area contributed by atoms with Crippen LogP contribution in [0.15, 0.2) is 47.1 Å². The molecule has 1 heterocycles. The van der Waals surface area contributed by atoms with Crippen molar-refractivity contribution >= 4 is 26.8 Å². The Morgan fingerprint density at radius 1 is 1.04 bits per heavy atom. The molecule has 2 aromatic carbocycles. The monoisotopic (exact) mass is 391 g/mol. The summed E-state index contributed by atoms with van der Waals surface area (Å²) in [6.45, 7) is 0. The van der Waals surface area contributed by atoms with Crippen LogP contribution in [0.3, 0.4) is 0 Å². The number of hydrogen-bond acceptors (Lipinski definition) is 4. The molecule has 0 bridgehead atoms. The molecule has 1 atom stereocenters. The first kappa shape index (κ1) is 16.7. The van der Waals surface area contributed by atoms with E-state index in [1.54, 1.807) is 43.6 Å². The third kappa shape index (κ3) is 2.95. The van der Waals surface area contributed by atoms with Crippen molar-refractivity contribution in [2.45, 2.75) is 6.10 Å². The van der Waals surface area contributed by atoms with E-state index in [1.807, 2.05) is 0 Å². The van der Waals surface area contributed by atoms with Crippen molar-refractivity contribution in [3.63, 3.8) is 0 Å². The van der Waals surface area contributed by atoms with Crippen molar-refractivity contribution in [1.82, 2.24) is 4.98 Å². The second kappa shape index (κ2) is 6.75. The average molecular weight is 392 g/mol. The van der Waals surface area contributed by atoms with Gasteiger partial charge in [0, 0.05) is 27.7 Å². The van der Waals surface area contributed by atoms with E-state index in [0.29, 0.717) is 32.4 Å². The van der Waals surface area contributed by atoms with Gasteiger partial charge >= 0.3 is 0 Å². The normalized spacial score (nSPS) is 12.2. The fourth-order valence-corrected chi connectivity index (χ4v) is 2.96. The molecule has 0 amide bonds. The highest BCUT2D eigenvalue weighted by Crippen LogP contribution is 2.36. The molecule has 1 unspecified atom stereocenters. The Morgan fingerprint density at radius 2 is 1.75 bits per heavy atom. The summed E-state index contributed by atoms with van der Waals surface area (Å²) in [5, 5.41) is 11.4. The Labute approximate surface area is 147 Å². The van der Waals surface area contributed by atoms with E-state index in [-0.39, 0.29) is 5.56 Å². The quantitative estimate of drug-likeness (QED) is 0.722. The number of hydrogen-bond donors (Lipinski definition) is 1. The minimum absolute atomic E-state index is 0.195. The molecule has 3 rings (SSSR count). The van der Waals surface area contributed by atoms with Gasteiger partial charge in [-0.05, 0) is 29.8 Å². The van der Waals surface area contributed by atoms with Crippen LogP contribution in [0.4, 0.5) is 4.39 Å². The van der Waals surface area contributed by atoms with Gasteiger partial charge in [-0.15, -0.1) is 0 Å². The topological polar surface area (TPSA) is 51.6 Å². The standard InChI is InChI=1S/C18H15BrFNO3/c1-23-16-8-13-11(5-6-21-15(13)9-17(16)24-2)18(22)12-4-3-10(19)7-14(12)20/h3-9,18,22H,1-2H3. The van der Waals surface area contributed by atoms with Crippen LogP contribution in [0.1, 0.15) is 17.2 Å². The summed E-state index contributed by atoms with van der Waals surface area (Å²) in [6.07, 6.45) is 0.450. The molecule has 0 spiro atoms. The van der Waals surface area contributed by atoms with Crippen LogP contribution in [0.5, 0.6) is 11.5 Å². The molecular formula is C18H15BrFNO3. The summed E-state index contributed by atoms with van der Waals surface area (Å²) in [7, 11) is 3.07. The van der Waals surface area contributed by atoms with Gasteiger partial charge in [0.15, 0.2) is 11.5 Å². The number of aliphatic hydroxyl groups excluding tert-OH is 1. The van der Waals surface area contributed by atoms with E-state index < -0.39 is 11.9 Å². The first-order valence-electron chi connectivity index (χ1n) is 7.18. The van der Waals surface area contributed by atoms with E-state index >= 15 is 0 Å². The number of nitrogens with zero attached hydrogens (tertiary/aromatic N) is 1. The lowest BCUT2D eigenvalue weighted by atomic mass is 9.97. The maximum Gasteiger partial charge on any atom is 0.162 e. The van der Waals surface area contributed by atoms with Crippen molar-refractivity contribution in [3.05, 3.63) is 64.0 Å². The van der Waals surface area contributed by atoms with Crippen molar-refractivity contribution in [2.24, 2.45) is 0 Å². The van der Waals surface area contributed by atoms with Gasteiger partial charge in [0.1, 0.15) is 11.9 Å². The van der Waals surface area contributed by atoms with E-state index in [0.717, 1.165) is 0 Å². The zero-order chi connectivity index (χ0) is 17.3. The molecule has 6 heteroatoms. The van der Waals surface area contributed by atoms with E-state index in [2.05, 4.69) is 20.9 Å². The van der Waals surface area contributed by atoms with Crippen LogP contribution in [-0.4, -0.2) is 24.3 Å². The van der Waals surface area contributed by atoms with Crippen LogP contribution < -0.4 is 9.47 Å². The minimum Gasteiger partial charge on any atom is -0.493 e. The van der Waals surface area contributed by atoms with Crippen LogP contribution in [-0.2, 0) is 0 Å². The molecule has 0 aliphatic heterocycles. The number of fused-ring (bicyclic) bond motifs is 1. The Morgan fingerprint density at radius 3 is 2.42 bits per heavy atom. The van der Waals surface area contributed by atoms with Gasteiger partial charge in [-0.2, -0.15) is 0 Å². The van der Waals surface area contributed by atoms with E-state index in [1.165, 1.54) is 13.2 Å².